The maximum absolute atomic E-state index is 9.24. The van der Waals surface area contributed by atoms with Crippen molar-refractivity contribution in [3.05, 3.63) is 70.8 Å². The molecule has 0 bridgehead atoms. The largest absolute Gasteiger partial charge is 0.396 e. The van der Waals surface area contributed by atoms with Gasteiger partial charge in [-0.25, -0.2) is 0 Å². The minimum atomic E-state index is 0.194. The fourth-order valence-electron chi connectivity index (χ4n) is 2.36. The minimum absolute atomic E-state index is 0.194. The van der Waals surface area contributed by atoms with Crippen LogP contribution in [0.3, 0.4) is 0 Å². The maximum Gasteiger partial charge on any atom is 0.0449 e. The highest BCUT2D eigenvalue weighted by Gasteiger charge is 2.10. The molecule has 0 aliphatic carbocycles. The van der Waals surface area contributed by atoms with Gasteiger partial charge < -0.3 is 10.4 Å². The van der Waals surface area contributed by atoms with Gasteiger partial charge in [-0.1, -0.05) is 48.5 Å². The molecule has 0 aliphatic rings. The van der Waals surface area contributed by atoms with Crippen LogP contribution < -0.4 is 5.32 Å². The van der Waals surface area contributed by atoms with E-state index in [4.69, 9.17) is 0 Å². The van der Waals surface area contributed by atoms with E-state index in [1.165, 1.54) is 22.3 Å². The Bertz CT molecular complexity index is 536. The number of benzene rings is 2. The van der Waals surface area contributed by atoms with Gasteiger partial charge in [0.25, 0.3) is 0 Å². The van der Waals surface area contributed by atoms with Crippen LogP contribution in [0.2, 0.25) is 0 Å². The topological polar surface area (TPSA) is 32.3 Å². The second kappa shape index (κ2) is 7.22. The highest BCUT2D eigenvalue weighted by molar-refractivity contribution is 5.30. The van der Waals surface area contributed by atoms with Crippen LogP contribution >= 0.6 is 0 Å². The van der Waals surface area contributed by atoms with E-state index in [1.807, 2.05) is 18.2 Å². The van der Waals surface area contributed by atoms with Crippen molar-refractivity contribution in [2.24, 2.45) is 0 Å². The van der Waals surface area contributed by atoms with E-state index in [9.17, 15) is 5.11 Å². The van der Waals surface area contributed by atoms with E-state index >= 15 is 0 Å². The summed E-state index contributed by atoms with van der Waals surface area (Å²) in [6, 6.07) is 17.1. The number of aliphatic hydroxyl groups excluding tert-OH is 1. The van der Waals surface area contributed by atoms with Crippen LogP contribution in [-0.2, 0) is 6.54 Å². The lowest BCUT2D eigenvalue weighted by Crippen LogP contribution is -2.22. The summed E-state index contributed by atoms with van der Waals surface area (Å²) in [5.41, 5.74) is 5.16. The Morgan fingerprint density at radius 3 is 2.40 bits per heavy atom. The molecule has 0 spiro atoms. The van der Waals surface area contributed by atoms with Gasteiger partial charge in [-0.2, -0.15) is 0 Å². The zero-order valence-electron chi connectivity index (χ0n) is 12.3. The lowest BCUT2D eigenvalue weighted by Gasteiger charge is -2.18. The highest BCUT2D eigenvalue weighted by atomic mass is 16.3. The van der Waals surface area contributed by atoms with Gasteiger partial charge in [-0.3, -0.25) is 0 Å². The molecule has 1 atom stereocenters. The van der Waals surface area contributed by atoms with E-state index in [0.29, 0.717) is 0 Å². The Labute approximate surface area is 121 Å². The molecule has 0 heterocycles. The molecule has 2 aromatic rings. The van der Waals surface area contributed by atoms with Gasteiger partial charge in [0.2, 0.25) is 0 Å². The average molecular weight is 269 g/mol. The molecule has 0 unspecified atom stereocenters. The molecule has 106 valence electrons. The lowest BCUT2D eigenvalue weighted by molar-refractivity contribution is 0.265. The van der Waals surface area contributed by atoms with Crippen molar-refractivity contribution >= 4 is 0 Å². The average Bonchev–Trinajstić information content (AvgIpc) is 2.48. The number of hydrogen-bond donors (Lipinski definition) is 2. The number of aliphatic hydroxyl groups is 1. The van der Waals surface area contributed by atoms with Crippen molar-refractivity contribution in [2.45, 2.75) is 32.9 Å². The van der Waals surface area contributed by atoms with Crippen molar-refractivity contribution < 1.29 is 5.11 Å². The minimum Gasteiger partial charge on any atom is -0.396 e. The van der Waals surface area contributed by atoms with E-state index in [0.717, 1.165) is 13.0 Å². The first-order valence-electron chi connectivity index (χ1n) is 7.16. The standard InChI is InChI=1S/C18H23NO/c1-14-8-9-16(12-15(14)2)13-19-18(10-11-20)17-6-4-3-5-7-17/h3-9,12,18-20H,10-11,13H2,1-2H3/t18-/m1/s1. The van der Waals surface area contributed by atoms with Crippen molar-refractivity contribution in [2.75, 3.05) is 6.61 Å². The molecule has 2 nitrogen and oxygen atoms in total. The highest BCUT2D eigenvalue weighted by Crippen LogP contribution is 2.17. The number of nitrogens with one attached hydrogen (secondary N) is 1. The molecule has 2 aromatic carbocycles. The zero-order valence-corrected chi connectivity index (χ0v) is 12.3. The molecule has 20 heavy (non-hydrogen) atoms. The molecule has 0 amide bonds. The number of rotatable bonds is 6. The Morgan fingerprint density at radius 2 is 1.75 bits per heavy atom. The summed E-state index contributed by atoms with van der Waals surface area (Å²) in [5.74, 6) is 0. The zero-order chi connectivity index (χ0) is 14.4. The van der Waals surface area contributed by atoms with Crippen LogP contribution in [-0.4, -0.2) is 11.7 Å². The first kappa shape index (κ1) is 14.8. The van der Waals surface area contributed by atoms with Crippen molar-refractivity contribution in [1.82, 2.24) is 5.32 Å². The van der Waals surface area contributed by atoms with Crippen LogP contribution in [0.4, 0.5) is 0 Å². The predicted molar refractivity (Wildman–Crippen MR) is 83.6 cm³/mol. The second-order valence-electron chi connectivity index (χ2n) is 5.28. The molecule has 2 N–H and O–H groups in total. The molecule has 0 saturated carbocycles. The summed E-state index contributed by atoms with van der Waals surface area (Å²) in [5, 5.41) is 12.8. The summed E-state index contributed by atoms with van der Waals surface area (Å²) in [4.78, 5) is 0. The third-order valence-electron chi connectivity index (χ3n) is 3.74. The summed E-state index contributed by atoms with van der Waals surface area (Å²) < 4.78 is 0. The van der Waals surface area contributed by atoms with Gasteiger partial charge in [-0.05, 0) is 42.5 Å². The maximum atomic E-state index is 9.24. The monoisotopic (exact) mass is 269 g/mol. The number of aryl methyl sites for hydroxylation is 2. The summed E-state index contributed by atoms with van der Waals surface area (Å²) in [7, 11) is 0. The molecule has 0 fully saturated rings. The Hall–Kier alpha value is -1.64. The van der Waals surface area contributed by atoms with E-state index in [2.05, 4.69) is 49.5 Å². The third kappa shape index (κ3) is 3.92. The van der Waals surface area contributed by atoms with Crippen LogP contribution in [0.25, 0.3) is 0 Å². The van der Waals surface area contributed by atoms with Gasteiger partial charge in [-0.15, -0.1) is 0 Å². The fourth-order valence-corrected chi connectivity index (χ4v) is 2.36. The van der Waals surface area contributed by atoms with E-state index < -0.39 is 0 Å². The molecule has 0 radical (unpaired) electrons. The SMILES string of the molecule is Cc1ccc(CN[C@H](CCO)c2ccccc2)cc1C. The van der Waals surface area contributed by atoms with Crippen LogP contribution in [0.15, 0.2) is 48.5 Å². The molecule has 0 aliphatic heterocycles. The normalized spacial score (nSPS) is 12.3. The van der Waals surface area contributed by atoms with Crippen molar-refractivity contribution in [1.29, 1.82) is 0 Å². The Kier molecular flexibility index (Phi) is 5.33. The third-order valence-corrected chi connectivity index (χ3v) is 3.74. The van der Waals surface area contributed by atoms with Gasteiger partial charge in [0.15, 0.2) is 0 Å². The quantitative estimate of drug-likeness (QED) is 0.841. The van der Waals surface area contributed by atoms with Gasteiger partial charge >= 0.3 is 0 Å². The van der Waals surface area contributed by atoms with Crippen LogP contribution in [0.5, 0.6) is 0 Å². The van der Waals surface area contributed by atoms with Gasteiger partial charge in [0.1, 0.15) is 0 Å². The van der Waals surface area contributed by atoms with Gasteiger partial charge in [0, 0.05) is 19.2 Å². The second-order valence-corrected chi connectivity index (χ2v) is 5.28. The van der Waals surface area contributed by atoms with Crippen LogP contribution in [0, 0.1) is 13.8 Å². The van der Waals surface area contributed by atoms with Crippen molar-refractivity contribution in [3.63, 3.8) is 0 Å². The summed E-state index contributed by atoms with van der Waals surface area (Å²) >= 11 is 0. The predicted octanol–water partition coefficient (Wildman–Crippen LogP) is 3.52. The molecule has 0 saturated heterocycles. The van der Waals surface area contributed by atoms with Gasteiger partial charge in [0.05, 0.1) is 0 Å². The first-order chi connectivity index (χ1) is 9.70. The molecular weight excluding hydrogens is 246 g/mol. The van der Waals surface area contributed by atoms with E-state index in [1.54, 1.807) is 0 Å². The fraction of sp³-hybridized carbons (Fsp3) is 0.333. The molecule has 2 rings (SSSR count). The molecule has 0 aromatic heterocycles. The van der Waals surface area contributed by atoms with Crippen molar-refractivity contribution in [3.8, 4) is 0 Å². The van der Waals surface area contributed by atoms with E-state index in [-0.39, 0.29) is 12.6 Å². The first-order valence-corrected chi connectivity index (χ1v) is 7.16. The lowest BCUT2D eigenvalue weighted by atomic mass is 10.0. The Morgan fingerprint density at radius 1 is 1.00 bits per heavy atom. The smallest absolute Gasteiger partial charge is 0.0449 e. The Balaban J connectivity index is 2.03. The molecular formula is C18H23NO. The van der Waals surface area contributed by atoms with Crippen LogP contribution in [0.1, 0.15) is 34.7 Å². The summed E-state index contributed by atoms with van der Waals surface area (Å²) in [6.07, 6.45) is 0.731. The molecule has 2 heteroatoms. The number of hydrogen-bond acceptors (Lipinski definition) is 2. The summed E-state index contributed by atoms with van der Waals surface area (Å²) in [6.45, 7) is 5.28.